The first-order valence-electron chi connectivity index (χ1n) is 10.8. The third-order valence-corrected chi connectivity index (χ3v) is 6.36. The molecule has 1 amide bonds. The molecule has 0 aliphatic carbocycles. The standard InChI is InChI=1S/C25H25ClN4O4/c1-32-21-5-4-17(10-19(21)26)29-25(31)15-6-8-30(9-7-15)24-16(13-27)14-28-20-12-23(34-3)22(33-2)11-18(20)24/h4-5,10-12,14-15H,6-9H2,1-3H3,(H,29,31). The van der Waals surface area contributed by atoms with E-state index in [1.807, 2.05) is 6.07 Å². The number of carbonyl (C=O) groups is 1. The number of carbonyl (C=O) groups excluding carboxylic acids is 1. The van der Waals surface area contributed by atoms with Crippen molar-refractivity contribution in [3.63, 3.8) is 0 Å². The van der Waals surface area contributed by atoms with Crippen LogP contribution in [0.3, 0.4) is 0 Å². The number of benzene rings is 2. The fourth-order valence-electron chi connectivity index (χ4n) is 4.28. The van der Waals surface area contributed by atoms with Gasteiger partial charge in [0.15, 0.2) is 11.5 Å². The number of halogens is 1. The highest BCUT2D eigenvalue weighted by Crippen LogP contribution is 2.38. The van der Waals surface area contributed by atoms with Crippen LogP contribution < -0.4 is 24.4 Å². The van der Waals surface area contributed by atoms with Crippen molar-refractivity contribution < 1.29 is 19.0 Å². The largest absolute Gasteiger partial charge is 0.495 e. The van der Waals surface area contributed by atoms with E-state index in [-0.39, 0.29) is 11.8 Å². The van der Waals surface area contributed by atoms with Gasteiger partial charge in [0.05, 0.1) is 43.1 Å². The molecular weight excluding hydrogens is 456 g/mol. The molecule has 1 saturated heterocycles. The summed E-state index contributed by atoms with van der Waals surface area (Å²) in [6.07, 6.45) is 2.88. The Balaban J connectivity index is 1.53. The Hall–Kier alpha value is -3.70. The summed E-state index contributed by atoms with van der Waals surface area (Å²) >= 11 is 6.17. The second-order valence-electron chi connectivity index (χ2n) is 7.96. The molecule has 1 fully saturated rings. The molecule has 176 valence electrons. The molecule has 0 atom stereocenters. The molecule has 9 heteroatoms. The second-order valence-corrected chi connectivity index (χ2v) is 8.36. The number of aromatic nitrogens is 1. The number of fused-ring (bicyclic) bond motifs is 1. The normalized spacial score (nSPS) is 13.9. The number of amides is 1. The predicted octanol–water partition coefficient (Wildman–Crippen LogP) is 4.64. The highest BCUT2D eigenvalue weighted by atomic mass is 35.5. The van der Waals surface area contributed by atoms with Crippen LogP contribution in [0.25, 0.3) is 10.9 Å². The van der Waals surface area contributed by atoms with Crippen LogP contribution in [0.5, 0.6) is 17.2 Å². The van der Waals surface area contributed by atoms with Gasteiger partial charge in [-0.2, -0.15) is 5.26 Å². The lowest BCUT2D eigenvalue weighted by molar-refractivity contribution is -0.120. The Kier molecular flexibility index (Phi) is 6.94. The lowest BCUT2D eigenvalue weighted by Gasteiger charge is -2.34. The van der Waals surface area contributed by atoms with Crippen LogP contribution in [0.15, 0.2) is 36.5 Å². The molecule has 0 radical (unpaired) electrons. The average Bonchev–Trinajstić information content (AvgIpc) is 2.87. The van der Waals surface area contributed by atoms with Crippen molar-refractivity contribution in [2.24, 2.45) is 5.92 Å². The van der Waals surface area contributed by atoms with Gasteiger partial charge in [0.1, 0.15) is 11.8 Å². The van der Waals surface area contributed by atoms with Crippen LogP contribution in [0, 0.1) is 17.2 Å². The number of nitrogens with one attached hydrogen (secondary N) is 1. The van der Waals surface area contributed by atoms with E-state index in [9.17, 15) is 10.1 Å². The maximum absolute atomic E-state index is 12.9. The van der Waals surface area contributed by atoms with Crippen molar-refractivity contribution in [2.75, 3.05) is 44.6 Å². The van der Waals surface area contributed by atoms with Crippen LogP contribution in [0.2, 0.25) is 5.02 Å². The molecule has 0 bridgehead atoms. The molecule has 2 heterocycles. The maximum atomic E-state index is 12.9. The van der Waals surface area contributed by atoms with Crippen molar-refractivity contribution >= 4 is 39.8 Å². The van der Waals surface area contributed by atoms with E-state index in [2.05, 4.69) is 21.3 Å². The van der Waals surface area contributed by atoms with Gasteiger partial charge in [-0.3, -0.25) is 9.78 Å². The van der Waals surface area contributed by atoms with Crippen molar-refractivity contribution in [3.05, 3.63) is 47.1 Å². The highest BCUT2D eigenvalue weighted by Gasteiger charge is 2.28. The quantitative estimate of drug-likeness (QED) is 0.548. The molecule has 0 saturated carbocycles. The number of rotatable bonds is 6. The van der Waals surface area contributed by atoms with E-state index >= 15 is 0 Å². The zero-order chi connectivity index (χ0) is 24.2. The molecule has 1 N–H and O–H groups in total. The van der Waals surface area contributed by atoms with Crippen molar-refractivity contribution in [1.82, 2.24) is 4.98 Å². The van der Waals surface area contributed by atoms with Gasteiger partial charge >= 0.3 is 0 Å². The Morgan fingerprint density at radius 3 is 2.38 bits per heavy atom. The number of nitrogens with zero attached hydrogens (tertiary/aromatic N) is 3. The predicted molar refractivity (Wildman–Crippen MR) is 131 cm³/mol. The Labute approximate surface area is 203 Å². The average molecular weight is 481 g/mol. The molecule has 8 nitrogen and oxygen atoms in total. The van der Waals surface area contributed by atoms with Crippen LogP contribution in [0.4, 0.5) is 11.4 Å². The van der Waals surface area contributed by atoms with Crippen LogP contribution in [0.1, 0.15) is 18.4 Å². The van der Waals surface area contributed by atoms with Gasteiger partial charge in [-0.05, 0) is 37.1 Å². The number of nitriles is 1. The van der Waals surface area contributed by atoms with Gasteiger partial charge in [0.25, 0.3) is 0 Å². The molecule has 1 aliphatic rings. The number of anilines is 2. The van der Waals surface area contributed by atoms with Crippen molar-refractivity contribution in [1.29, 1.82) is 5.26 Å². The third-order valence-electron chi connectivity index (χ3n) is 6.07. The number of hydrogen-bond donors (Lipinski definition) is 1. The first kappa shape index (κ1) is 23.5. The van der Waals surface area contributed by atoms with Crippen LogP contribution >= 0.6 is 11.6 Å². The van der Waals surface area contributed by atoms with Crippen LogP contribution in [-0.4, -0.2) is 45.3 Å². The maximum Gasteiger partial charge on any atom is 0.227 e. The van der Waals surface area contributed by atoms with Gasteiger partial charge in [0, 0.05) is 42.3 Å². The summed E-state index contributed by atoms with van der Waals surface area (Å²) in [5.41, 5.74) is 2.62. The smallest absolute Gasteiger partial charge is 0.227 e. The Bertz CT molecular complexity index is 1270. The van der Waals surface area contributed by atoms with E-state index in [0.717, 1.165) is 11.1 Å². The number of pyridine rings is 1. The van der Waals surface area contributed by atoms with E-state index in [4.69, 9.17) is 25.8 Å². The monoisotopic (exact) mass is 480 g/mol. The molecule has 4 rings (SSSR count). The first-order chi connectivity index (χ1) is 16.5. The molecule has 1 aromatic heterocycles. The summed E-state index contributed by atoms with van der Waals surface area (Å²) in [6.45, 7) is 1.26. The van der Waals surface area contributed by atoms with Crippen LogP contribution in [-0.2, 0) is 4.79 Å². The summed E-state index contributed by atoms with van der Waals surface area (Å²) < 4.78 is 16.0. The third kappa shape index (κ3) is 4.52. The molecule has 34 heavy (non-hydrogen) atoms. The number of hydrogen-bond acceptors (Lipinski definition) is 7. The van der Waals surface area contributed by atoms with Crippen molar-refractivity contribution in [2.45, 2.75) is 12.8 Å². The van der Waals surface area contributed by atoms with Crippen molar-refractivity contribution in [3.8, 4) is 23.3 Å². The SMILES string of the molecule is COc1ccc(NC(=O)C2CCN(c3c(C#N)cnc4cc(OC)c(OC)cc34)CC2)cc1Cl. The van der Waals surface area contributed by atoms with Gasteiger partial charge in [0.2, 0.25) is 5.91 Å². The number of ether oxygens (including phenoxy) is 3. The van der Waals surface area contributed by atoms with Gasteiger partial charge < -0.3 is 24.4 Å². The lowest BCUT2D eigenvalue weighted by Crippen LogP contribution is -2.38. The minimum atomic E-state index is -0.148. The molecular formula is C25H25ClN4O4. The Morgan fingerprint density at radius 2 is 1.76 bits per heavy atom. The van der Waals surface area contributed by atoms with E-state index in [0.29, 0.717) is 65.0 Å². The molecule has 0 unspecified atom stereocenters. The van der Waals surface area contributed by atoms with E-state index in [1.165, 1.54) is 0 Å². The zero-order valence-corrected chi connectivity index (χ0v) is 20.0. The summed E-state index contributed by atoms with van der Waals surface area (Å²) in [5.74, 6) is 1.51. The minimum Gasteiger partial charge on any atom is -0.495 e. The van der Waals surface area contributed by atoms with E-state index < -0.39 is 0 Å². The number of methoxy groups -OCH3 is 3. The summed E-state index contributed by atoms with van der Waals surface area (Å²) in [7, 11) is 4.69. The summed E-state index contributed by atoms with van der Waals surface area (Å²) in [4.78, 5) is 19.4. The Morgan fingerprint density at radius 1 is 1.09 bits per heavy atom. The first-order valence-corrected chi connectivity index (χ1v) is 11.2. The minimum absolute atomic E-state index is 0.0487. The fraction of sp³-hybridized carbons (Fsp3) is 0.320. The molecule has 2 aromatic carbocycles. The second kappa shape index (κ2) is 10.1. The van der Waals surface area contributed by atoms with E-state index in [1.54, 1.807) is 51.8 Å². The zero-order valence-electron chi connectivity index (χ0n) is 19.2. The number of piperidine rings is 1. The molecule has 1 aliphatic heterocycles. The van der Waals surface area contributed by atoms with Gasteiger partial charge in [-0.15, -0.1) is 0 Å². The molecule has 0 spiro atoms. The van der Waals surface area contributed by atoms with Gasteiger partial charge in [-0.1, -0.05) is 11.6 Å². The lowest BCUT2D eigenvalue weighted by atomic mass is 9.94. The topological polar surface area (TPSA) is 96.7 Å². The highest BCUT2D eigenvalue weighted by molar-refractivity contribution is 6.32. The summed E-state index contributed by atoms with van der Waals surface area (Å²) in [5, 5.41) is 13.9. The summed E-state index contributed by atoms with van der Waals surface area (Å²) in [6, 6.07) is 11.1. The molecule has 3 aromatic rings. The fourth-order valence-corrected chi connectivity index (χ4v) is 4.54. The van der Waals surface area contributed by atoms with Gasteiger partial charge in [-0.25, -0.2) is 0 Å².